The van der Waals surface area contributed by atoms with Gasteiger partial charge in [0.25, 0.3) is 5.91 Å². The summed E-state index contributed by atoms with van der Waals surface area (Å²) in [6.07, 6.45) is 5.77. The molecule has 1 saturated heterocycles. The highest BCUT2D eigenvalue weighted by Crippen LogP contribution is 2.48. The van der Waals surface area contributed by atoms with Crippen LogP contribution in [0.1, 0.15) is 36.0 Å². The average Bonchev–Trinajstić information content (AvgIpc) is 3.38. The van der Waals surface area contributed by atoms with E-state index in [1.54, 1.807) is 6.20 Å². The van der Waals surface area contributed by atoms with Crippen LogP contribution < -0.4 is 19.5 Å². The summed E-state index contributed by atoms with van der Waals surface area (Å²) in [6.45, 7) is 1.46. The molecule has 0 bridgehead atoms. The first-order valence-corrected chi connectivity index (χ1v) is 11.7. The van der Waals surface area contributed by atoms with Crippen LogP contribution in [0.4, 0.5) is 4.79 Å². The van der Waals surface area contributed by atoms with Crippen LogP contribution in [0.5, 0.6) is 17.2 Å². The van der Waals surface area contributed by atoms with Crippen molar-refractivity contribution in [1.82, 2.24) is 25.2 Å². The Kier molecular flexibility index (Phi) is 5.31. The molecule has 0 radical (unpaired) electrons. The Balaban J connectivity index is 1.33. The number of benzene rings is 1. The maximum absolute atomic E-state index is 13.1. The maximum atomic E-state index is 13.1. The van der Waals surface area contributed by atoms with Crippen molar-refractivity contribution in [1.29, 1.82) is 0 Å². The van der Waals surface area contributed by atoms with Gasteiger partial charge in [-0.1, -0.05) is 0 Å². The molecule has 11 heteroatoms. The summed E-state index contributed by atoms with van der Waals surface area (Å²) >= 11 is 0. The molecule has 1 aliphatic carbocycles. The number of nitrogens with zero attached hydrogens (tertiary/aromatic N) is 3. The van der Waals surface area contributed by atoms with Gasteiger partial charge in [0.2, 0.25) is 6.79 Å². The maximum Gasteiger partial charge on any atom is 0.407 e. The normalized spacial score (nSPS) is 19.1. The monoisotopic (exact) mass is 479 g/mol. The molecule has 1 saturated carbocycles. The molecule has 1 aromatic carbocycles. The Hall–Kier alpha value is -4.02. The van der Waals surface area contributed by atoms with Crippen LogP contribution >= 0.6 is 0 Å². The molecule has 3 N–H and O–H groups in total. The zero-order valence-electron chi connectivity index (χ0n) is 19.0. The summed E-state index contributed by atoms with van der Waals surface area (Å²) in [6, 6.07) is 3.42. The summed E-state index contributed by atoms with van der Waals surface area (Å²) in [4.78, 5) is 37.8. The highest BCUT2D eigenvalue weighted by molar-refractivity contribution is 6.08. The van der Waals surface area contributed by atoms with Crippen LogP contribution in [0.2, 0.25) is 0 Å². The summed E-state index contributed by atoms with van der Waals surface area (Å²) in [5.41, 5.74) is 2.61. The molecular weight excluding hydrogens is 454 g/mol. The van der Waals surface area contributed by atoms with Crippen molar-refractivity contribution in [2.75, 3.05) is 26.5 Å². The van der Waals surface area contributed by atoms with E-state index in [1.807, 2.05) is 12.1 Å². The Labute approximate surface area is 200 Å². The topological polar surface area (TPSA) is 139 Å². The van der Waals surface area contributed by atoms with E-state index in [0.717, 1.165) is 12.8 Å². The lowest BCUT2D eigenvalue weighted by molar-refractivity contribution is 0.0890. The number of piperidine rings is 1. The van der Waals surface area contributed by atoms with Crippen LogP contribution in [0.15, 0.2) is 24.7 Å². The number of carbonyl (C=O) groups excluding carboxylic acids is 1. The minimum absolute atomic E-state index is 0.107. The number of fused-ring (bicyclic) bond motifs is 2. The molecule has 182 valence electrons. The van der Waals surface area contributed by atoms with Crippen LogP contribution in [0, 0.1) is 5.92 Å². The number of nitrogens with one attached hydrogen (secondary N) is 2. The van der Waals surface area contributed by atoms with E-state index in [4.69, 9.17) is 14.2 Å². The largest absolute Gasteiger partial charge is 0.492 e. The van der Waals surface area contributed by atoms with Crippen molar-refractivity contribution in [3.8, 4) is 28.5 Å². The molecule has 6 rings (SSSR count). The molecule has 35 heavy (non-hydrogen) atoms. The number of rotatable bonds is 6. The number of aromatic amines is 1. The van der Waals surface area contributed by atoms with Gasteiger partial charge in [-0.25, -0.2) is 14.8 Å². The van der Waals surface area contributed by atoms with Gasteiger partial charge >= 0.3 is 6.09 Å². The number of aromatic nitrogens is 3. The molecule has 2 amide bonds. The molecular formula is C24H25N5O6. The second kappa shape index (κ2) is 8.64. The molecule has 3 aliphatic rings. The first-order valence-electron chi connectivity index (χ1n) is 11.7. The number of amides is 2. The number of carbonyl (C=O) groups is 2. The first-order chi connectivity index (χ1) is 17.1. The number of ether oxygens (including phenoxy) is 3. The highest BCUT2D eigenvalue weighted by Gasteiger charge is 2.30. The molecule has 11 nitrogen and oxygen atoms in total. The fourth-order valence-electron chi connectivity index (χ4n) is 4.62. The van der Waals surface area contributed by atoms with Gasteiger partial charge in [0, 0.05) is 25.3 Å². The summed E-state index contributed by atoms with van der Waals surface area (Å²) in [5, 5.41) is 12.2. The Morgan fingerprint density at radius 2 is 2.11 bits per heavy atom. The van der Waals surface area contributed by atoms with Crippen molar-refractivity contribution in [3.63, 3.8) is 0 Å². The van der Waals surface area contributed by atoms with Crippen molar-refractivity contribution >= 4 is 23.0 Å². The lowest BCUT2D eigenvalue weighted by atomic mass is 10.0. The van der Waals surface area contributed by atoms with Crippen molar-refractivity contribution in [2.24, 2.45) is 5.92 Å². The highest BCUT2D eigenvalue weighted by atomic mass is 16.7. The number of carboxylic acid groups (broad SMARTS) is 1. The third-order valence-corrected chi connectivity index (χ3v) is 6.64. The second-order valence-electron chi connectivity index (χ2n) is 9.12. The van der Waals surface area contributed by atoms with Crippen LogP contribution in [-0.2, 0) is 0 Å². The van der Waals surface area contributed by atoms with Gasteiger partial charge in [0.05, 0.1) is 23.3 Å². The van der Waals surface area contributed by atoms with Crippen LogP contribution in [0.25, 0.3) is 22.3 Å². The van der Waals surface area contributed by atoms with Gasteiger partial charge in [-0.15, -0.1) is 0 Å². The minimum Gasteiger partial charge on any atom is -0.492 e. The molecule has 3 aromatic rings. The lowest BCUT2D eigenvalue weighted by Crippen LogP contribution is -2.49. The van der Waals surface area contributed by atoms with Gasteiger partial charge < -0.3 is 34.5 Å². The van der Waals surface area contributed by atoms with Gasteiger partial charge in [0.1, 0.15) is 23.3 Å². The molecule has 0 unspecified atom stereocenters. The predicted molar refractivity (Wildman–Crippen MR) is 124 cm³/mol. The van der Waals surface area contributed by atoms with E-state index in [-0.39, 0.29) is 25.3 Å². The summed E-state index contributed by atoms with van der Waals surface area (Å²) in [7, 11) is 0. The van der Waals surface area contributed by atoms with E-state index < -0.39 is 6.09 Å². The van der Waals surface area contributed by atoms with E-state index in [2.05, 4.69) is 20.3 Å². The molecule has 2 aromatic heterocycles. The second-order valence-corrected chi connectivity index (χ2v) is 9.12. The standard InChI is InChI=1S/C24H25N5O6/c30-23(28-14-2-1-7-29(9-14)24(31)32)15-8-25-21-19(15)26-11-27-20(21)18-16(33-10-13-3-4-13)5-6-17-22(18)35-12-34-17/h5-6,8,11,13-14,25H,1-4,7,9-10,12H2,(H,28,30)(H,31,32)/t14-/m1/s1. The zero-order chi connectivity index (χ0) is 23.9. The first kappa shape index (κ1) is 21.5. The molecule has 1 atom stereocenters. The van der Waals surface area contributed by atoms with Gasteiger partial charge in [0.15, 0.2) is 11.5 Å². The summed E-state index contributed by atoms with van der Waals surface area (Å²) < 4.78 is 17.5. The Morgan fingerprint density at radius 3 is 2.94 bits per heavy atom. The number of H-pyrrole nitrogens is 1. The SMILES string of the molecule is O=C(N[C@@H]1CCCN(C(=O)O)C1)c1c[nH]c2c(-c3c(OCC4CC4)ccc4c3OCO4)ncnc12. The third kappa shape index (κ3) is 4.07. The molecule has 4 heterocycles. The van der Waals surface area contributed by atoms with E-state index in [1.165, 1.54) is 11.2 Å². The van der Waals surface area contributed by atoms with Crippen molar-refractivity contribution in [3.05, 3.63) is 30.2 Å². The predicted octanol–water partition coefficient (Wildman–Crippen LogP) is 3.01. The molecule has 0 spiro atoms. The van der Waals surface area contributed by atoms with Crippen LogP contribution in [-0.4, -0.2) is 69.5 Å². The van der Waals surface area contributed by atoms with Gasteiger partial charge in [-0.3, -0.25) is 4.79 Å². The number of likely N-dealkylation sites (tertiary alicyclic amines) is 1. The average molecular weight is 479 g/mol. The van der Waals surface area contributed by atoms with Crippen LogP contribution in [0.3, 0.4) is 0 Å². The van der Waals surface area contributed by atoms with Gasteiger partial charge in [-0.2, -0.15) is 0 Å². The Morgan fingerprint density at radius 1 is 1.23 bits per heavy atom. The van der Waals surface area contributed by atoms with Gasteiger partial charge in [-0.05, 0) is 43.7 Å². The Bertz CT molecular complexity index is 1300. The number of hydrogen-bond acceptors (Lipinski definition) is 7. The third-order valence-electron chi connectivity index (χ3n) is 6.64. The van der Waals surface area contributed by atoms with Crippen molar-refractivity contribution in [2.45, 2.75) is 31.7 Å². The molecule has 2 fully saturated rings. The minimum atomic E-state index is -0.977. The quantitative estimate of drug-likeness (QED) is 0.490. The van der Waals surface area contributed by atoms with Crippen molar-refractivity contribution < 1.29 is 28.9 Å². The van der Waals surface area contributed by atoms with E-state index in [0.29, 0.717) is 77.0 Å². The number of hydrogen-bond donors (Lipinski definition) is 3. The fraction of sp³-hybridized carbons (Fsp3) is 0.417. The lowest BCUT2D eigenvalue weighted by Gasteiger charge is -2.31. The fourth-order valence-corrected chi connectivity index (χ4v) is 4.62. The van der Waals surface area contributed by atoms with E-state index >= 15 is 0 Å². The van der Waals surface area contributed by atoms with E-state index in [9.17, 15) is 14.7 Å². The smallest absolute Gasteiger partial charge is 0.407 e. The molecule has 2 aliphatic heterocycles. The zero-order valence-corrected chi connectivity index (χ0v) is 19.0. The summed E-state index contributed by atoms with van der Waals surface area (Å²) in [5.74, 6) is 2.04.